The van der Waals surface area contributed by atoms with Gasteiger partial charge >= 0.3 is 0 Å². The third-order valence-electron chi connectivity index (χ3n) is 6.27. The number of piperazine rings is 1. The quantitative estimate of drug-likeness (QED) is 0.432. The molecule has 1 saturated heterocycles. The second-order valence-electron chi connectivity index (χ2n) is 10.4. The molecule has 3 heterocycles. The van der Waals surface area contributed by atoms with E-state index in [9.17, 15) is 4.79 Å². The van der Waals surface area contributed by atoms with Crippen molar-refractivity contribution in [2.24, 2.45) is 5.41 Å². The van der Waals surface area contributed by atoms with Crippen molar-refractivity contribution in [2.75, 3.05) is 31.1 Å². The maximum atomic E-state index is 12.8. The van der Waals surface area contributed by atoms with Gasteiger partial charge < -0.3 is 9.80 Å². The first-order valence-corrected chi connectivity index (χ1v) is 12.2. The van der Waals surface area contributed by atoms with E-state index < -0.39 is 0 Å². The zero-order chi connectivity index (χ0) is 24.4. The van der Waals surface area contributed by atoms with Crippen molar-refractivity contribution < 1.29 is 4.79 Å². The van der Waals surface area contributed by atoms with Crippen molar-refractivity contribution in [3.05, 3.63) is 78.2 Å². The highest BCUT2D eigenvalue weighted by Gasteiger charge is 2.27. The first kappa shape index (κ1) is 23.0. The summed E-state index contributed by atoms with van der Waals surface area (Å²) in [6.07, 6.45) is 3.07. The smallest absolute Gasteiger partial charge is 0.223 e. The monoisotopic (exact) mass is 468 g/mol. The molecule has 7 nitrogen and oxygen atoms in total. The van der Waals surface area contributed by atoms with Crippen LogP contribution >= 0.6 is 0 Å². The standard InChI is InChI=1S/C28H32N6O/c1-28(2,3)19-25(35)32-14-16-33(17-15-32)26-23-20-29-34(22-12-8-5-9-13-22)27(23)31-24(30-26)18-21-10-6-4-7-11-21/h4-13,20H,14-19H2,1-3H3. The van der Waals surface area contributed by atoms with Crippen molar-refractivity contribution in [3.8, 4) is 5.69 Å². The molecule has 1 amide bonds. The van der Waals surface area contributed by atoms with Crippen LogP contribution in [0.2, 0.25) is 0 Å². The normalized spacial score (nSPS) is 14.5. The molecule has 1 fully saturated rings. The van der Waals surface area contributed by atoms with E-state index in [0.717, 1.165) is 41.5 Å². The molecule has 7 heteroatoms. The minimum absolute atomic E-state index is 0.00854. The second-order valence-corrected chi connectivity index (χ2v) is 10.4. The van der Waals surface area contributed by atoms with Gasteiger partial charge in [-0.1, -0.05) is 69.3 Å². The Morgan fingerprint density at radius 1 is 0.886 bits per heavy atom. The molecule has 2 aromatic heterocycles. The fraction of sp³-hybridized carbons (Fsp3) is 0.357. The molecular formula is C28H32N6O. The Kier molecular flexibility index (Phi) is 6.24. The summed E-state index contributed by atoms with van der Waals surface area (Å²) in [6, 6.07) is 20.4. The van der Waals surface area contributed by atoms with Crippen LogP contribution in [0.25, 0.3) is 16.7 Å². The topological polar surface area (TPSA) is 67.2 Å². The lowest BCUT2D eigenvalue weighted by atomic mass is 9.91. The zero-order valence-electron chi connectivity index (χ0n) is 20.7. The van der Waals surface area contributed by atoms with Gasteiger partial charge in [0.1, 0.15) is 11.6 Å². The molecule has 0 N–H and O–H groups in total. The molecule has 0 saturated carbocycles. The molecule has 4 aromatic rings. The number of amides is 1. The van der Waals surface area contributed by atoms with Crippen LogP contribution in [0.4, 0.5) is 5.82 Å². The Morgan fingerprint density at radius 3 is 2.20 bits per heavy atom. The van der Waals surface area contributed by atoms with Crippen LogP contribution < -0.4 is 4.90 Å². The van der Waals surface area contributed by atoms with Gasteiger partial charge in [0.15, 0.2) is 5.65 Å². The lowest BCUT2D eigenvalue weighted by Crippen LogP contribution is -2.49. The van der Waals surface area contributed by atoms with Gasteiger partial charge in [-0.3, -0.25) is 4.79 Å². The van der Waals surface area contributed by atoms with Crippen molar-refractivity contribution in [1.29, 1.82) is 0 Å². The first-order chi connectivity index (χ1) is 16.9. The molecule has 180 valence electrons. The molecule has 35 heavy (non-hydrogen) atoms. The maximum Gasteiger partial charge on any atom is 0.223 e. The number of rotatable bonds is 5. The van der Waals surface area contributed by atoms with E-state index in [4.69, 9.17) is 9.97 Å². The summed E-state index contributed by atoms with van der Waals surface area (Å²) in [7, 11) is 0. The predicted octanol–water partition coefficient (Wildman–Crippen LogP) is 4.49. The third kappa shape index (κ3) is 5.19. The van der Waals surface area contributed by atoms with Gasteiger partial charge in [-0.05, 0) is 23.1 Å². The van der Waals surface area contributed by atoms with Gasteiger partial charge in [-0.2, -0.15) is 5.10 Å². The Labute approximate surface area is 206 Å². The van der Waals surface area contributed by atoms with Gasteiger partial charge in [0, 0.05) is 39.0 Å². The average Bonchev–Trinajstić information content (AvgIpc) is 3.28. The maximum absolute atomic E-state index is 12.8. The van der Waals surface area contributed by atoms with Crippen LogP contribution in [-0.2, 0) is 11.2 Å². The molecule has 0 spiro atoms. The Balaban J connectivity index is 1.47. The number of hydrogen-bond donors (Lipinski definition) is 0. The zero-order valence-corrected chi connectivity index (χ0v) is 20.7. The molecular weight excluding hydrogens is 436 g/mol. The molecule has 5 rings (SSSR count). The van der Waals surface area contributed by atoms with Crippen LogP contribution in [-0.4, -0.2) is 56.7 Å². The Morgan fingerprint density at radius 2 is 1.54 bits per heavy atom. The summed E-state index contributed by atoms with van der Waals surface area (Å²) in [6.45, 7) is 9.20. The third-order valence-corrected chi connectivity index (χ3v) is 6.27. The molecule has 0 radical (unpaired) electrons. The Bertz CT molecular complexity index is 1300. The molecule has 1 aliphatic rings. The largest absolute Gasteiger partial charge is 0.352 e. The highest BCUT2D eigenvalue weighted by molar-refractivity contribution is 5.88. The lowest BCUT2D eigenvalue weighted by Gasteiger charge is -2.36. The summed E-state index contributed by atoms with van der Waals surface area (Å²) >= 11 is 0. The highest BCUT2D eigenvalue weighted by Crippen LogP contribution is 2.28. The van der Waals surface area contributed by atoms with Crippen LogP contribution in [0.1, 0.15) is 38.6 Å². The number of para-hydroxylation sites is 1. The summed E-state index contributed by atoms with van der Waals surface area (Å²) in [5.74, 6) is 1.89. The summed E-state index contributed by atoms with van der Waals surface area (Å²) in [5.41, 5.74) is 2.93. The van der Waals surface area contributed by atoms with Gasteiger partial charge in [0.2, 0.25) is 5.91 Å². The predicted molar refractivity (Wildman–Crippen MR) is 139 cm³/mol. The molecule has 1 aliphatic heterocycles. The Hall–Kier alpha value is -3.74. The minimum Gasteiger partial charge on any atom is -0.352 e. The first-order valence-electron chi connectivity index (χ1n) is 12.2. The number of benzene rings is 2. The molecule has 0 bridgehead atoms. The van der Waals surface area contributed by atoms with E-state index in [0.29, 0.717) is 25.9 Å². The van der Waals surface area contributed by atoms with E-state index in [1.807, 2.05) is 64.3 Å². The van der Waals surface area contributed by atoms with Gasteiger partial charge in [0.25, 0.3) is 0 Å². The number of aromatic nitrogens is 4. The number of anilines is 1. The summed E-state index contributed by atoms with van der Waals surface area (Å²) < 4.78 is 1.89. The van der Waals surface area contributed by atoms with Crippen molar-refractivity contribution in [3.63, 3.8) is 0 Å². The molecule has 2 aromatic carbocycles. The fourth-order valence-corrected chi connectivity index (χ4v) is 4.53. The SMILES string of the molecule is CC(C)(C)CC(=O)N1CCN(c2nc(Cc3ccccc3)nc3c2cnn3-c2ccccc2)CC1. The number of carbonyl (C=O) groups excluding carboxylic acids is 1. The van der Waals surface area contributed by atoms with Crippen molar-refractivity contribution in [1.82, 2.24) is 24.6 Å². The minimum atomic E-state index is -0.00854. The van der Waals surface area contributed by atoms with E-state index in [1.54, 1.807) is 0 Å². The van der Waals surface area contributed by atoms with E-state index >= 15 is 0 Å². The highest BCUT2D eigenvalue weighted by atomic mass is 16.2. The van der Waals surface area contributed by atoms with Crippen LogP contribution in [0, 0.1) is 5.41 Å². The van der Waals surface area contributed by atoms with Gasteiger partial charge in [-0.25, -0.2) is 14.6 Å². The number of carbonyl (C=O) groups is 1. The van der Waals surface area contributed by atoms with E-state index in [-0.39, 0.29) is 11.3 Å². The van der Waals surface area contributed by atoms with E-state index in [1.165, 1.54) is 5.56 Å². The number of fused-ring (bicyclic) bond motifs is 1. The summed E-state index contributed by atoms with van der Waals surface area (Å²) in [4.78, 5) is 27.0. The lowest BCUT2D eigenvalue weighted by molar-refractivity contribution is -0.133. The van der Waals surface area contributed by atoms with Crippen LogP contribution in [0.3, 0.4) is 0 Å². The number of hydrogen-bond acceptors (Lipinski definition) is 5. The molecule has 0 aliphatic carbocycles. The average molecular weight is 469 g/mol. The van der Waals surface area contributed by atoms with Crippen LogP contribution in [0.15, 0.2) is 66.9 Å². The summed E-state index contributed by atoms with van der Waals surface area (Å²) in [5, 5.41) is 5.61. The van der Waals surface area contributed by atoms with Crippen LogP contribution in [0.5, 0.6) is 0 Å². The van der Waals surface area contributed by atoms with Crippen molar-refractivity contribution in [2.45, 2.75) is 33.6 Å². The van der Waals surface area contributed by atoms with Gasteiger partial charge in [-0.15, -0.1) is 0 Å². The molecule has 0 unspecified atom stereocenters. The molecule has 0 atom stereocenters. The number of nitrogens with zero attached hydrogens (tertiary/aromatic N) is 6. The van der Waals surface area contributed by atoms with Crippen molar-refractivity contribution >= 4 is 22.8 Å². The fourth-order valence-electron chi connectivity index (χ4n) is 4.53. The van der Waals surface area contributed by atoms with E-state index in [2.05, 4.69) is 42.9 Å². The van der Waals surface area contributed by atoms with Gasteiger partial charge in [0.05, 0.1) is 17.3 Å². The second kappa shape index (κ2) is 9.49.